The molecule has 1 aromatic heterocycles. The van der Waals surface area contributed by atoms with E-state index in [1.165, 1.54) is 18.6 Å². The molecule has 0 aliphatic heterocycles. The van der Waals surface area contributed by atoms with Crippen molar-refractivity contribution in [3.8, 4) is 0 Å². The number of benzene rings is 1. The largest absolute Gasteiger partial charge is 0.143 e. The number of halogens is 1. The van der Waals surface area contributed by atoms with Gasteiger partial charge in [0.1, 0.15) is 0 Å². The van der Waals surface area contributed by atoms with Crippen molar-refractivity contribution in [1.29, 1.82) is 0 Å². The van der Waals surface area contributed by atoms with Crippen molar-refractivity contribution in [2.24, 2.45) is 0 Å². The van der Waals surface area contributed by atoms with Gasteiger partial charge in [-0.05, 0) is 41.0 Å². The molecule has 4 heteroatoms. The van der Waals surface area contributed by atoms with Gasteiger partial charge in [-0.1, -0.05) is 0 Å². The quantitative estimate of drug-likeness (QED) is 0.453. The van der Waals surface area contributed by atoms with E-state index in [1.807, 2.05) is 0 Å². The predicted molar refractivity (Wildman–Crippen MR) is 73.6 cm³/mol. The zero-order valence-corrected chi connectivity index (χ0v) is 11.6. The first-order valence-electron chi connectivity index (χ1n) is 3.66. The molecule has 2 aromatic rings. The highest BCUT2D eigenvalue weighted by molar-refractivity contribution is 14.1. The number of thiophene rings is 1. The lowest BCUT2D eigenvalue weighted by Gasteiger charge is -2.01. The Bertz CT molecular complexity index is 447. The van der Waals surface area contributed by atoms with Crippen LogP contribution in [-0.4, -0.2) is 6.26 Å². The second kappa shape index (κ2) is 4.00. The van der Waals surface area contributed by atoms with Crippen LogP contribution < -0.4 is 0 Å². The molecule has 0 unspecified atom stereocenters. The van der Waals surface area contributed by atoms with Crippen molar-refractivity contribution in [3.05, 3.63) is 21.1 Å². The van der Waals surface area contributed by atoms with Gasteiger partial charge < -0.3 is 0 Å². The summed E-state index contributed by atoms with van der Waals surface area (Å²) in [4.78, 5) is 2.34. The van der Waals surface area contributed by atoms with Crippen LogP contribution >= 0.6 is 58.3 Å². The van der Waals surface area contributed by atoms with Gasteiger partial charge in [0.05, 0.1) is 0 Å². The Kier molecular flexibility index (Phi) is 3.12. The number of thiol groups is 1. The van der Waals surface area contributed by atoms with Crippen molar-refractivity contribution in [2.75, 3.05) is 6.26 Å². The van der Waals surface area contributed by atoms with Crippen LogP contribution in [0, 0.1) is 3.57 Å². The van der Waals surface area contributed by atoms with Gasteiger partial charge in [-0.15, -0.1) is 35.7 Å². The lowest BCUT2D eigenvalue weighted by atomic mass is 10.3. The summed E-state index contributed by atoms with van der Waals surface area (Å²) in [6.07, 6.45) is 2.08. The normalized spacial score (nSPS) is 11.0. The van der Waals surface area contributed by atoms with E-state index in [-0.39, 0.29) is 0 Å². The van der Waals surface area contributed by atoms with E-state index < -0.39 is 0 Å². The van der Waals surface area contributed by atoms with E-state index in [4.69, 9.17) is 0 Å². The maximum absolute atomic E-state index is 4.45. The predicted octanol–water partition coefficient (Wildman–Crippen LogP) is 4.52. The maximum Gasteiger partial charge on any atom is 0.0365 e. The fraction of sp³-hybridized carbons (Fsp3) is 0.111. The van der Waals surface area contributed by atoms with Crippen molar-refractivity contribution < 1.29 is 0 Å². The van der Waals surface area contributed by atoms with Crippen LogP contribution in [0.2, 0.25) is 0 Å². The van der Waals surface area contributed by atoms with Crippen molar-refractivity contribution >= 4 is 68.4 Å². The Morgan fingerprint density at radius 3 is 2.92 bits per heavy atom. The molecule has 0 aliphatic carbocycles. The first-order chi connectivity index (χ1) is 6.22. The molecule has 0 spiro atoms. The first-order valence-corrected chi connectivity index (χ1v) is 7.29. The minimum absolute atomic E-state index is 1.08. The molecule has 0 N–H and O–H groups in total. The van der Waals surface area contributed by atoms with Gasteiger partial charge in [0.15, 0.2) is 0 Å². The molecule has 0 atom stereocenters. The Labute approximate surface area is 105 Å². The Morgan fingerprint density at radius 2 is 2.23 bits per heavy atom. The average Bonchev–Trinajstić information content (AvgIpc) is 2.46. The summed E-state index contributed by atoms with van der Waals surface area (Å²) in [6.45, 7) is 0. The third kappa shape index (κ3) is 1.86. The minimum atomic E-state index is 1.08. The third-order valence-corrected chi connectivity index (χ3v) is 5.39. The molecule has 0 radical (unpaired) electrons. The zero-order valence-electron chi connectivity index (χ0n) is 6.87. The summed E-state index contributed by atoms with van der Waals surface area (Å²) >= 11 is 10.3. The number of rotatable bonds is 1. The first kappa shape index (κ1) is 10.1. The summed E-state index contributed by atoms with van der Waals surface area (Å²) in [7, 11) is 0. The molecule has 2 rings (SSSR count). The molecular weight excluding hydrogens is 331 g/mol. The molecule has 0 aliphatic rings. The molecule has 0 amide bonds. The van der Waals surface area contributed by atoms with E-state index in [1.54, 1.807) is 23.1 Å². The van der Waals surface area contributed by atoms with Crippen LogP contribution in [0.1, 0.15) is 0 Å². The smallest absolute Gasteiger partial charge is 0.0365 e. The fourth-order valence-corrected chi connectivity index (χ4v) is 4.08. The number of fused-ring (bicyclic) bond motifs is 1. The van der Waals surface area contributed by atoms with Crippen LogP contribution in [0.5, 0.6) is 0 Å². The SMILES string of the molecule is CSc1cc2c(I)csc2cc1S. The minimum Gasteiger partial charge on any atom is -0.143 e. The molecular formula is C9H7IS3. The molecule has 0 saturated carbocycles. The molecule has 0 nitrogen and oxygen atoms in total. The van der Waals surface area contributed by atoms with Crippen LogP contribution in [0.15, 0.2) is 27.3 Å². The van der Waals surface area contributed by atoms with Gasteiger partial charge in [0, 0.05) is 28.8 Å². The molecule has 68 valence electrons. The third-order valence-electron chi connectivity index (χ3n) is 1.83. The van der Waals surface area contributed by atoms with Crippen LogP contribution in [0.25, 0.3) is 10.1 Å². The highest BCUT2D eigenvalue weighted by Crippen LogP contribution is 2.34. The van der Waals surface area contributed by atoms with E-state index in [0.717, 1.165) is 4.90 Å². The van der Waals surface area contributed by atoms with Crippen LogP contribution in [-0.2, 0) is 0 Å². The second-order valence-electron chi connectivity index (χ2n) is 2.60. The van der Waals surface area contributed by atoms with Gasteiger partial charge in [0.25, 0.3) is 0 Å². The number of thioether (sulfide) groups is 1. The lowest BCUT2D eigenvalue weighted by molar-refractivity contribution is 1.30. The Balaban J connectivity index is 2.77. The van der Waals surface area contributed by atoms with Gasteiger partial charge in [-0.3, -0.25) is 0 Å². The lowest BCUT2D eigenvalue weighted by Crippen LogP contribution is -1.75. The zero-order chi connectivity index (χ0) is 9.42. The summed E-state index contributed by atoms with van der Waals surface area (Å²) < 4.78 is 2.66. The summed E-state index contributed by atoms with van der Waals surface area (Å²) in [6, 6.07) is 4.37. The summed E-state index contributed by atoms with van der Waals surface area (Å²) in [5, 5.41) is 3.54. The summed E-state index contributed by atoms with van der Waals surface area (Å²) in [5.74, 6) is 0. The Hall–Kier alpha value is 0.610. The second-order valence-corrected chi connectivity index (χ2v) is 6.01. The monoisotopic (exact) mass is 338 g/mol. The van der Waals surface area contributed by atoms with Gasteiger partial charge in [-0.2, -0.15) is 0 Å². The molecule has 0 bridgehead atoms. The van der Waals surface area contributed by atoms with Crippen molar-refractivity contribution in [1.82, 2.24) is 0 Å². The van der Waals surface area contributed by atoms with E-state index >= 15 is 0 Å². The van der Waals surface area contributed by atoms with Gasteiger partial charge >= 0.3 is 0 Å². The Morgan fingerprint density at radius 1 is 1.46 bits per heavy atom. The highest BCUT2D eigenvalue weighted by Gasteiger charge is 2.05. The van der Waals surface area contributed by atoms with E-state index in [2.05, 4.69) is 59.0 Å². The molecule has 1 aromatic carbocycles. The molecule has 1 heterocycles. The number of hydrogen-bond acceptors (Lipinski definition) is 3. The van der Waals surface area contributed by atoms with Crippen molar-refractivity contribution in [3.63, 3.8) is 0 Å². The summed E-state index contributed by atoms with van der Waals surface area (Å²) in [5.41, 5.74) is 0. The van der Waals surface area contributed by atoms with E-state index in [0.29, 0.717) is 0 Å². The standard InChI is InChI=1S/C9H7IS3/c1-12-9-2-5-6(10)4-13-8(5)3-7(9)11/h2-4,11H,1H3. The van der Waals surface area contributed by atoms with Crippen LogP contribution in [0.4, 0.5) is 0 Å². The molecule has 0 fully saturated rings. The number of hydrogen-bond donors (Lipinski definition) is 1. The fourth-order valence-electron chi connectivity index (χ4n) is 1.18. The van der Waals surface area contributed by atoms with Gasteiger partial charge in [-0.25, -0.2) is 0 Å². The maximum atomic E-state index is 4.45. The van der Waals surface area contributed by atoms with E-state index in [9.17, 15) is 0 Å². The van der Waals surface area contributed by atoms with Crippen molar-refractivity contribution in [2.45, 2.75) is 9.79 Å². The van der Waals surface area contributed by atoms with Gasteiger partial charge in [0.2, 0.25) is 0 Å². The molecule has 13 heavy (non-hydrogen) atoms. The average molecular weight is 338 g/mol. The topological polar surface area (TPSA) is 0 Å². The molecule has 0 saturated heterocycles. The highest BCUT2D eigenvalue weighted by atomic mass is 127. The van der Waals surface area contributed by atoms with Crippen LogP contribution in [0.3, 0.4) is 0 Å².